The van der Waals surface area contributed by atoms with Crippen LogP contribution in [0.5, 0.6) is 5.75 Å². The van der Waals surface area contributed by atoms with Crippen molar-refractivity contribution in [3.63, 3.8) is 0 Å². The normalized spacial score (nSPS) is 10.3. The minimum atomic E-state index is -0.963. The Morgan fingerprint density at radius 2 is 1.85 bits per heavy atom. The van der Waals surface area contributed by atoms with E-state index in [2.05, 4.69) is 15.8 Å². The molecule has 0 heterocycles. The first-order valence-electron chi connectivity index (χ1n) is 7.62. The Balaban J connectivity index is 1.93. The molecule has 0 aliphatic heterocycles. The minimum Gasteiger partial charge on any atom is -0.492 e. The number of anilines is 1. The van der Waals surface area contributed by atoms with E-state index in [1.165, 1.54) is 30.5 Å². The molecule has 0 spiro atoms. The van der Waals surface area contributed by atoms with Gasteiger partial charge in [0, 0.05) is 12.1 Å². The van der Waals surface area contributed by atoms with Crippen molar-refractivity contribution >= 4 is 29.4 Å². The van der Waals surface area contributed by atoms with Crippen LogP contribution >= 0.6 is 0 Å². The number of rotatable bonds is 6. The summed E-state index contributed by atoms with van der Waals surface area (Å²) in [5, 5.41) is 16.7. The fraction of sp³-hybridized carbons (Fsp3) is 0.118. The lowest BCUT2D eigenvalue weighted by Gasteiger charge is -2.10. The number of carbonyl (C=O) groups is 2. The molecule has 2 rings (SSSR count). The molecule has 0 saturated carbocycles. The molecule has 2 aromatic rings. The third-order valence-electron chi connectivity index (χ3n) is 3.12. The van der Waals surface area contributed by atoms with Crippen molar-refractivity contribution in [2.45, 2.75) is 6.92 Å². The lowest BCUT2D eigenvalue weighted by molar-refractivity contribution is -0.384. The average molecular weight is 356 g/mol. The highest BCUT2D eigenvalue weighted by Gasteiger charge is 2.15. The van der Waals surface area contributed by atoms with Crippen LogP contribution in [0.25, 0.3) is 0 Å². The van der Waals surface area contributed by atoms with Crippen molar-refractivity contribution in [1.82, 2.24) is 5.43 Å². The number of carbonyl (C=O) groups excluding carboxylic acids is 2. The fourth-order valence-corrected chi connectivity index (χ4v) is 1.93. The molecule has 0 saturated heterocycles. The zero-order valence-electron chi connectivity index (χ0n) is 13.8. The topological polar surface area (TPSA) is 123 Å². The van der Waals surface area contributed by atoms with Crippen LogP contribution in [0, 0.1) is 10.1 Å². The van der Waals surface area contributed by atoms with Crippen LogP contribution in [-0.4, -0.2) is 29.6 Å². The first-order valence-corrected chi connectivity index (χ1v) is 7.62. The number of hydrazone groups is 1. The fourth-order valence-electron chi connectivity index (χ4n) is 1.93. The lowest BCUT2D eigenvalue weighted by atomic mass is 10.2. The Morgan fingerprint density at radius 3 is 2.50 bits per heavy atom. The van der Waals surface area contributed by atoms with Gasteiger partial charge in [0.05, 0.1) is 23.4 Å². The van der Waals surface area contributed by atoms with E-state index in [4.69, 9.17) is 4.74 Å². The molecule has 9 heteroatoms. The zero-order valence-corrected chi connectivity index (χ0v) is 13.8. The van der Waals surface area contributed by atoms with E-state index >= 15 is 0 Å². The van der Waals surface area contributed by atoms with E-state index < -0.39 is 16.7 Å². The van der Waals surface area contributed by atoms with Gasteiger partial charge < -0.3 is 10.1 Å². The molecule has 26 heavy (non-hydrogen) atoms. The highest BCUT2D eigenvalue weighted by molar-refractivity contribution is 6.39. The highest BCUT2D eigenvalue weighted by Crippen LogP contribution is 2.23. The molecule has 2 N–H and O–H groups in total. The van der Waals surface area contributed by atoms with Crippen LogP contribution in [0.15, 0.2) is 53.6 Å². The minimum absolute atomic E-state index is 0.0569. The van der Waals surface area contributed by atoms with Gasteiger partial charge in [-0.25, -0.2) is 5.43 Å². The van der Waals surface area contributed by atoms with Gasteiger partial charge in [-0.3, -0.25) is 19.7 Å². The number of nitrogens with one attached hydrogen (secondary N) is 2. The van der Waals surface area contributed by atoms with Crippen molar-refractivity contribution in [3.05, 3.63) is 64.2 Å². The molecule has 9 nitrogen and oxygen atoms in total. The van der Waals surface area contributed by atoms with Crippen LogP contribution < -0.4 is 15.5 Å². The molecule has 0 atom stereocenters. The van der Waals surface area contributed by atoms with E-state index in [1.807, 2.05) is 0 Å². The molecule has 2 aromatic carbocycles. The number of ether oxygens (including phenoxy) is 1. The van der Waals surface area contributed by atoms with E-state index in [1.54, 1.807) is 31.2 Å². The van der Waals surface area contributed by atoms with Crippen molar-refractivity contribution in [1.29, 1.82) is 0 Å². The predicted molar refractivity (Wildman–Crippen MR) is 95.1 cm³/mol. The Bertz CT molecular complexity index is 833. The van der Waals surface area contributed by atoms with Crippen molar-refractivity contribution in [2.24, 2.45) is 5.10 Å². The summed E-state index contributed by atoms with van der Waals surface area (Å²) in [6.07, 6.45) is 1.27. The second kappa shape index (κ2) is 8.92. The lowest BCUT2D eigenvalue weighted by Crippen LogP contribution is -2.32. The molecule has 0 aliphatic carbocycles. The second-order valence-electron chi connectivity index (χ2n) is 4.93. The molecule has 0 radical (unpaired) electrons. The van der Waals surface area contributed by atoms with Crippen LogP contribution in [0.2, 0.25) is 0 Å². The monoisotopic (exact) mass is 356 g/mol. The number of amides is 2. The van der Waals surface area contributed by atoms with Crippen LogP contribution in [0.1, 0.15) is 12.5 Å². The number of nitrogens with zero attached hydrogens (tertiary/aromatic N) is 2. The average Bonchev–Trinajstić information content (AvgIpc) is 2.63. The van der Waals surface area contributed by atoms with Crippen LogP contribution in [-0.2, 0) is 9.59 Å². The highest BCUT2D eigenvalue weighted by atomic mass is 16.6. The van der Waals surface area contributed by atoms with Gasteiger partial charge in [-0.2, -0.15) is 5.10 Å². The smallest absolute Gasteiger partial charge is 0.329 e. The van der Waals surface area contributed by atoms with Gasteiger partial charge in [-0.15, -0.1) is 0 Å². The van der Waals surface area contributed by atoms with Gasteiger partial charge in [-0.05, 0) is 36.8 Å². The molecule has 0 aromatic heterocycles. The SMILES string of the molecule is CCOc1ccccc1NC(=O)C(=O)N/N=C\c1ccc([N+](=O)[O-])cc1. The number of nitro groups is 1. The maximum atomic E-state index is 11.9. The first-order chi connectivity index (χ1) is 12.5. The van der Waals surface area contributed by atoms with Crippen LogP contribution in [0.4, 0.5) is 11.4 Å². The summed E-state index contributed by atoms with van der Waals surface area (Å²) in [4.78, 5) is 33.7. The van der Waals surface area contributed by atoms with E-state index in [0.717, 1.165) is 0 Å². The standard InChI is InChI=1S/C17H16N4O5/c1-2-26-15-6-4-3-5-14(15)19-16(22)17(23)20-18-11-12-7-9-13(10-8-12)21(24)25/h3-11H,2H2,1H3,(H,19,22)(H,20,23)/b18-11-. The van der Waals surface area contributed by atoms with E-state index in [9.17, 15) is 19.7 Å². The van der Waals surface area contributed by atoms with Crippen molar-refractivity contribution in [2.75, 3.05) is 11.9 Å². The summed E-state index contributed by atoms with van der Waals surface area (Å²) in [5.74, 6) is -1.42. The largest absolute Gasteiger partial charge is 0.492 e. The Kier molecular flexibility index (Phi) is 6.38. The summed E-state index contributed by atoms with van der Waals surface area (Å²) < 4.78 is 5.36. The summed E-state index contributed by atoms with van der Waals surface area (Å²) in [6.45, 7) is 2.22. The van der Waals surface area contributed by atoms with Gasteiger partial charge in [-0.1, -0.05) is 12.1 Å². The Labute approximate surface area is 148 Å². The molecule has 0 bridgehead atoms. The number of benzene rings is 2. The summed E-state index contributed by atoms with van der Waals surface area (Å²) in [5.41, 5.74) is 2.92. The molecule has 0 unspecified atom stereocenters. The van der Waals surface area contributed by atoms with E-state index in [-0.39, 0.29) is 5.69 Å². The van der Waals surface area contributed by atoms with Gasteiger partial charge in [0.1, 0.15) is 5.75 Å². The van der Waals surface area contributed by atoms with Gasteiger partial charge in [0.2, 0.25) is 0 Å². The molecule has 2 amide bonds. The summed E-state index contributed by atoms with van der Waals surface area (Å²) >= 11 is 0. The first kappa shape index (κ1) is 18.6. The Hall–Kier alpha value is -3.75. The molecular weight excluding hydrogens is 340 g/mol. The van der Waals surface area contributed by atoms with Gasteiger partial charge in [0.25, 0.3) is 5.69 Å². The van der Waals surface area contributed by atoms with Gasteiger partial charge >= 0.3 is 11.8 Å². The molecular formula is C17H16N4O5. The van der Waals surface area contributed by atoms with Crippen molar-refractivity contribution in [3.8, 4) is 5.75 Å². The zero-order chi connectivity index (χ0) is 18.9. The number of non-ortho nitro benzene ring substituents is 1. The van der Waals surface area contributed by atoms with Gasteiger partial charge in [0.15, 0.2) is 0 Å². The van der Waals surface area contributed by atoms with E-state index in [0.29, 0.717) is 23.6 Å². The summed E-state index contributed by atoms with van der Waals surface area (Å²) in [6, 6.07) is 12.3. The maximum absolute atomic E-state index is 11.9. The third-order valence-corrected chi connectivity index (χ3v) is 3.12. The quantitative estimate of drug-likeness (QED) is 0.355. The third kappa shape index (κ3) is 5.13. The predicted octanol–water partition coefficient (Wildman–Crippen LogP) is 2.08. The maximum Gasteiger partial charge on any atom is 0.329 e. The second-order valence-corrected chi connectivity index (χ2v) is 4.93. The number of hydrogen-bond donors (Lipinski definition) is 2. The molecule has 134 valence electrons. The molecule has 0 fully saturated rings. The number of nitro benzene ring substituents is 1. The van der Waals surface area contributed by atoms with Crippen LogP contribution in [0.3, 0.4) is 0 Å². The number of para-hydroxylation sites is 2. The Morgan fingerprint density at radius 1 is 1.15 bits per heavy atom. The number of hydrogen-bond acceptors (Lipinski definition) is 6. The molecule has 0 aliphatic rings. The summed E-state index contributed by atoms with van der Waals surface area (Å²) in [7, 11) is 0. The van der Waals surface area contributed by atoms with Crippen molar-refractivity contribution < 1.29 is 19.2 Å².